The number of rotatable bonds is 2. The lowest BCUT2D eigenvalue weighted by Gasteiger charge is -2.07. The Hall–Kier alpha value is -0.970. The summed E-state index contributed by atoms with van der Waals surface area (Å²) in [5.74, 6) is -1.84. The predicted octanol–water partition coefficient (Wildman–Crippen LogP) is 2.41. The van der Waals surface area contributed by atoms with E-state index in [1.54, 1.807) is 0 Å². The summed E-state index contributed by atoms with van der Waals surface area (Å²) < 4.78 is 48.8. The Morgan fingerprint density at radius 3 is 2.33 bits per heavy atom. The SMILES string of the molecule is [CH2]S(=O)(=O)c1c(F)cc(F)cc1C1CC1. The molecule has 1 aliphatic carbocycles. The summed E-state index contributed by atoms with van der Waals surface area (Å²) in [6.45, 7) is 0. The van der Waals surface area contributed by atoms with Crippen LogP contribution in [0.1, 0.15) is 24.3 Å². The molecule has 1 aromatic rings. The standard InChI is InChI=1S/C10H9F2O2S/c1-15(13,14)10-8(6-2-3-6)4-7(11)5-9(10)12/h4-6H,1-3H2. The third-order valence-electron chi connectivity index (χ3n) is 2.37. The predicted molar refractivity (Wildman–Crippen MR) is 50.9 cm³/mol. The summed E-state index contributed by atoms with van der Waals surface area (Å²) in [4.78, 5) is -0.452. The van der Waals surface area contributed by atoms with E-state index >= 15 is 0 Å². The van der Waals surface area contributed by atoms with Gasteiger partial charge in [0.1, 0.15) is 16.5 Å². The average molecular weight is 231 g/mol. The highest BCUT2D eigenvalue weighted by atomic mass is 32.2. The van der Waals surface area contributed by atoms with Crippen LogP contribution in [0.4, 0.5) is 8.78 Å². The maximum Gasteiger partial charge on any atom is 0.182 e. The third-order valence-corrected chi connectivity index (χ3v) is 3.42. The Bertz CT molecular complexity index is 504. The molecule has 0 spiro atoms. The third kappa shape index (κ3) is 2.02. The monoisotopic (exact) mass is 231 g/mol. The van der Waals surface area contributed by atoms with E-state index in [0.717, 1.165) is 18.9 Å². The average Bonchev–Trinajstić information content (AvgIpc) is 2.80. The molecule has 2 nitrogen and oxygen atoms in total. The zero-order chi connectivity index (χ0) is 11.2. The van der Waals surface area contributed by atoms with Gasteiger partial charge in [-0.2, -0.15) is 0 Å². The Balaban J connectivity index is 2.70. The van der Waals surface area contributed by atoms with Crippen LogP contribution in [0.3, 0.4) is 0 Å². The number of hydrogen-bond donors (Lipinski definition) is 0. The van der Waals surface area contributed by atoms with Gasteiger partial charge in [0.2, 0.25) is 0 Å². The van der Waals surface area contributed by atoms with Crippen molar-refractivity contribution in [3.05, 3.63) is 35.6 Å². The van der Waals surface area contributed by atoms with E-state index in [2.05, 4.69) is 6.26 Å². The van der Waals surface area contributed by atoms with Crippen molar-refractivity contribution in [1.82, 2.24) is 0 Å². The molecule has 2 rings (SSSR count). The van der Waals surface area contributed by atoms with Gasteiger partial charge < -0.3 is 0 Å². The van der Waals surface area contributed by atoms with Crippen LogP contribution in [-0.2, 0) is 9.84 Å². The van der Waals surface area contributed by atoms with Crippen LogP contribution in [0.2, 0.25) is 0 Å². The van der Waals surface area contributed by atoms with E-state index in [-0.39, 0.29) is 11.5 Å². The Labute approximate surface area is 86.8 Å². The summed E-state index contributed by atoms with van der Waals surface area (Å²) in [6, 6.07) is 1.66. The normalized spacial score (nSPS) is 16.7. The highest BCUT2D eigenvalue weighted by molar-refractivity contribution is 7.92. The second-order valence-electron chi connectivity index (χ2n) is 3.69. The molecule has 0 amide bonds. The van der Waals surface area contributed by atoms with Crippen molar-refractivity contribution in [3.63, 3.8) is 0 Å². The zero-order valence-corrected chi connectivity index (χ0v) is 8.65. The molecular weight excluding hydrogens is 222 g/mol. The van der Waals surface area contributed by atoms with Gasteiger partial charge in [0, 0.05) is 6.07 Å². The molecule has 1 aliphatic rings. The molecule has 5 heteroatoms. The molecule has 0 heterocycles. The molecule has 0 atom stereocenters. The Morgan fingerprint density at radius 2 is 1.87 bits per heavy atom. The largest absolute Gasteiger partial charge is 0.224 e. The van der Waals surface area contributed by atoms with Gasteiger partial charge in [0.25, 0.3) is 0 Å². The van der Waals surface area contributed by atoms with Gasteiger partial charge in [-0.15, -0.1) is 0 Å². The van der Waals surface area contributed by atoms with E-state index in [4.69, 9.17) is 0 Å². The molecule has 81 valence electrons. The molecule has 1 saturated carbocycles. The van der Waals surface area contributed by atoms with Gasteiger partial charge >= 0.3 is 0 Å². The van der Waals surface area contributed by atoms with Crippen LogP contribution in [0.15, 0.2) is 17.0 Å². The van der Waals surface area contributed by atoms with Crippen molar-refractivity contribution >= 4 is 9.84 Å². The first-order valence-electron chi connectivity index (χ1n) is 4.46. The van der Waals surface area contributed by atoms with Crippen molar-refractivity contribution in [2.24, 2.45) is 0 Å². The van der Waals surface area contributed by atoms with Gasteiger partial charge in [-0.3, -0.25) is 0 Å². The maximum atomic E-state index is 13.3. The van der Waals surface area contributed by atoms with Gasteiger partial charge in [0.05, 0.1) is 6.26 Å². The van der Waals surface area contributed by atoms with Crippen LogP contribution in [0.25, 0.3) is 0 Å². The van der Waals surface area contributed by atoms with Crippen LogP contribution in [0.5, 0.6) is 0 Å². The van der Waals surface area contributed by atoms with Gasteiger partial charge in [-0.05, 0) is 30.4 Å². The highest BCUT2D eigenvalue weighted by Gasteiger charge is 2.31. The molecule has 1 aromatic carbocycles. The second kappa shape index (κ2) is 3.27. The fraction of sp³-hybridized carbons (Fsp3) is 0.300. The summed E-state index contributed by atoms with van der Waals surface area (Å²) in [6.07, 6.45) is 4.45. The summed E-state index contributed by atoms with van der Waals surface area (Å²) in [5.41, 5.74) is 0.225. The van der Waals surface area contributed by atoms with Gasteiger partial charge in [-0.1, -0.05) is 0 Å². The first-order chi connectivity index (χ1) is 6.89. The topological polar surface area (TPSA) is 34.1 Å². The minimum absolute atomic E-state index is 0.0401. The van der Waals surface area contributed by atoms with E-state index in [1.807, 2.05) is 0 Å². The first-order valence-corrected chi connectivity index (χ1v) is 6.12. The number of halogens is 2. The van der Waals surface area contributed by atoms with E-state index < -0.39 is 26.4 Å². The lowest BCUT2D eigenvalue weighted by atomic mass is 10.1. The Morgan fingerprint density at radius 1 is 1.27 bits per heavy atom. The molecule has 0 N–H and O–H groups in total. The highest BCUT2D eigenvalue weighted by Crippen LogP contribution is 2.43. The quantitative estimate of drug-likeness (QED) is 0.732. The number of benzene rings is 1. The molecular formula is C10H9F2O2S. The molecule has 0 saturated heterocycles. The minimum atomic E-state index is -3.88. The van der Waals surface area contributed by atoms with Crippen molar-refractivity contribution in [3.8, 4) is 0 Å². The molecule has 0 bridgehead atoms. The minimum Gasteiger partial charge on any atom is -0.224 e. The maximum absolute atomic E-state index is 13.3. The van der Waals surface area contributed by atoms with Gasteiger partial charge in [0.15, 0.2) is 9.84 Å². The lowest BCUT2D eigenvalue weighted by molar-refractivity contribution is 0.546. The molecule has 1 radical (unpaired) electrons. The first kappa shape index (κ1) is 10.5. The fourth-order valence-electron chi connectivity index (χ4n) is 1.61. The van der Waals surface area contributed by atoms with Crippen molar-refractivity contribution in [2.45, 2.75) is 23.7 Å². The summed E-state index contributed by atoms with van der Waals surface area (Å²) in [5, 5.41) is 0. The Kier molecular flexibility index (Phi) is 2.30. The van der Waals surface area contributed by atoms with Crippen molar-refractivity contribution in [2.75, 3.05) is 0 Å². The van der Waals surface area contributed by atoms with E-state index in [9.17, 15) is 17.2 Å². The van der Waals surface area contributed by atoms with Crippen LogP contribution < -0.4 is 0 Å². The van der Waals surface area contributed by atoms with E-state index in [1.165, 1.54) is 0 Å². The molecule has 15 heavy (non-hydrogen) atoms. The van der Waals surface area contributed by atoms with Crippen molar-refractivity contribution < 1.29 is 17.2 Å². The van der Waals surface area contributed by atoms with Gasteiger partial charge in [-0.25, -0.2) is 17.2 Å². The summed E-state index contributed by atoms with van der Waals surface area (Å²) in [7, 11) is -3.88. The van der Waals surface area contributed by atoms with Crippen LogP contribution in [-0.4, -0.2) is 8.42 Å². The van der Waals surface area contributed by atoms with E-state index in [0.29, 0.717) is 6.07 Å². The lowest BCUT2D eigenvalue weighted by Crippen LogP contribution is -2.04. The summed E-state index contributed by atoms with van der Waals surface area (Å²) >= 11 is 0. The number of hydrogen-bond acceptors (Lipinski definition) is 2. The molecule has 0 aliphatic heterocycles. The molecule has 0 aromatic heterocycles. The van der Waals surface area contributed by atoms with Crippen molar-refractivity contribution in [1.29, 1.82) is 0 Å². The number of sulfone groups is 1. The molecule has 0 unspecified atom stereocenters. The van der Waals surface area contributed by atoms with Crippen LogP contribution >= 0.6 is 0 Å². The zero-order valence-electron chi connectivity index (χ0n) is 7.83. The van der Waals surface area contributed by atoms with Crippen LogP contribution in [0, 0.1) is 17.9 Å². The molecule has 1 fully saturated rings. The smallest absolute Gasteiger partial charge is 0.182 e. The fourth-order valence-corrected chi connectivity index (χ4v) is 2.55. The second-order valence-corrected chi connectivity index (χ2v) is 5.33.